The number of anilines is 1. The van der Waals surface area contributed by atoms with Crippen molar-refractivity contribution >= 4 is 29.1 Å². The Morgan fingerprint density at radius 1 is 0.885 bits per heavy atom. The zero-order chi connectivity index (χ0) is 18.4. The van der Waals surface area contributed by atoms with E-state index in [9.17, 15) is 10.5 Å². The quantitative estimate of drug-likeness (QED) is 0.607. The van der Waals surface area contributed by atoms with E-state index in [0.29, 0.717) is 17.3 Å². The molecule has 0 unspecified atom stereocenters. The van der Waals surface area contributed by atoms with Gasteiger partial charge in [-0.1, -0.05) is 71.9 Å². The van der Waals surface area contributed by atoms with Crippen LogP contribution < -0.4 is 5.32 Å². The highest BCUT2D eigenvalue weighted by molar-refractivity contribution is 7.99. The molecule has 0 atom stereocenters. The summed E-state index contributed by atoms with van der Waals surface area (Å²) in [6.07, 6.45) is 0. The molecular weight excluding hydrogens is 362 g/mol. The molecule has 3 aromatic rings. The van der Waals surface area contributed by atoms with Gasteiger partial charge in [-0.05, 0) is 23.8 Å². The van der Waals surface area contributed by atoms with Gasteiger partial charge in [0, 0.05) is 16.3 Å². The lowest BCUT2D eigenvalue weighted by molar-refractivity contribution is 1.14. The summed E-state index contributed by atoms with van der Waals surface area (Å²) in [7, 11) is 0. The number of hydrogen-bond donors (Lipinski definition) is 1. The van der Waals surface area contributed by atoms with Crippen molar-refractivity contribution in [1.82, 2.24) is 0 Å². The fourth-order valence-corrected chi connectivity index (χ4v) is 3.70. The number of nitriles is 2. The van der Waals surface area contributed by atoms with Gasteiger partial charge in [0.15, 0.2) is 0 Å². The predicted octanol–water partition coefficient (Wildman–Crippen LogP) is 5.85. The van der Waals surface area contributed by atoms with Gasteiger partial charge in [-0.15, -0.1) is 0 Å². The van der Waals surface area contributed by atoms with Crippen LogP contribution in [0.5, 0.6) is 0 Å². The molecule has 0 aliphatic heterocycles. The molecule has 3 nitrogen and oxygen atoms in total. The first-order valence-electron chi connectivity index (χ1n) is 7.90. The third-order valence-electron chi connectivity index (χ3n) is 3.75. The largest absolute Gasteiger partial charge is 0.380 e. The molecule has 126 valence electrons. The maximum Gasteiger partial charge on any atom is 0.103 e. The zero-order valence-electron chi connectivity index (χ0n) is 13.7. The number of benzene rings is 3. The van der Waals surface area contributed by atoms with Crippen LogP contribution in [0.1, 0.15) is 16.7 Å². The second-order valence-electron chi connectivity index (χ2n) is 5.46. The van der Waals surface area contributed by atoms with Gasteiger partial charge in [0.05, 0.1) is 21.8 Å². The number of nitrogens with one attached hydrogen (secondary N) is 1. The van der Waals surface area contributed by atoms with Gasteiger partial charge in [0.1, 0.15) is 12.1 Å². The van der Waals surface area contributed by atoms with Crippen LogP contribution in [-0.2, 0) is 6.54 Å². The average Bonchev–Trinajstić information content (AvgIpc) is 2.69. The van der Waals surface area contributed by atoms with E-state index < -0.39 is 0 Å². The van der Waals surface area contributed by atoms with Crippen molar-refractivity contribution in [3.05, 3.63) is 88.4 Å². The van der Waals surface area contributed by atoms with Gasteiger partial charge in [-0.2, -0.15) is 10.5 Å². The van der Waals surface area contributed by atoms with Crippen molar-refractivity contribution in [2.75, 3.05) is 5.32 Å². The van der Waals surface area contributed by atoms with Gasteiger partial charge in [-0.3, -0.25) is 0 Å². The lowest BCUT2D eigenvalue weighted by atomic mass is 10.1. The van der Waals surface area contributed by atoms with E-state index in [-0.39, 0.29) is 11.1 Å². The Morgan fingerprint density at radius 2 is 1.50 bits per heavy atom. The minimum Gasteiger partial charge on any atom is -0.380 e. The maximum absolute atomic E-state index is 9.53. The summed E-state index contributed by atoms with van der Waals surface area (Å²) in [6, 6.07) is 25.7. The molecule has 0 bridgehead atoms. The lowest BCUT2D eigenvalue weighted by Crippen LogP contribution is -2.03. The molecule has 0 heterocycles. The van der Waals surface area contributed by atoms with Gasteiger partial charge < -0.3 is 5.32 Å². The summed E-state index contributed by atoms with van der Waals surface area (Å²) >= 11 is 7.88. The molecule has 26 heavy (non-hydrogen) atoms. The Kier molecular flexibility index (Phi) is 5.81. The standard InChI is InChI=1S/C21H14ClN3S/c22-21-18(13-24)17(12-23)19(25-14-15-7-3-1-4-8-15)11-20(21)26-16-9-5-2-6-10-16/h1-11,25H,14H2. The predicted molar refractivity (Wildman–Crippen MR) is 105 cm³/mol. The van der Waals surface area contributed by atoms with Crippen LogP contribution in [0.2, 0.25) is 5.02 Å². The van der Waals surface area contributed by atoms with Crippen molar-refractivity contribution in [2.45, 2.75) is 16.3 Å². The van der Waals surface area contributed by atoms with Crippen molar-refractivity contribution in [3.8, 4) is 12.1 Å². The Bertz CT molecular complexity index is 990. The van der Waals surface area contributed by atoms with E-state index >= 15 is 0 Å². The van der Waals surface area contributed by atoms with E-state index in [0.717, 1.165) is 15.4 Å². The van der Waals surface area contributed by atoms with E-state index in [1.165, 1.54) is 11.8 Å². The fourth-order valence-electron chi connectivity index (χ4n) is 2.48. The molecule has 1 N–H and O–H groups in total. The Hall–Kier alpha value is -2.92. The van der Waals surface area contributed by atoms with E-state index in [2.05, 4.69) is 17.5 Å². The topological polar surface area (TPSA) is 59.6 Å². The van der Waals surface area contributed by atoms with Crippen molar-refractivity contribution < 1.29 is 0 Å². The van der Waals surface area contributed by atoms with Gasteiger partial charge in [0.2, 0.25) is 0 Å². The average molecular weight is 376 g/mol. The molecule has 0 aromatic heterocycles. The third kappa shape index (κ3) is 4.00. The molecule has 0 saturated carbocycles. The van der Waals surface area contributed by atoms with Crippen LogP contribution >= 0.6 is 23.4 Å². The van der Waals surface area contributed by atoms with Gasteiger partial charge in [0.25, 0.3) is 0 Å². The molecule has 5 heteroatoms. The highest BCUT2D eigenvalue weighted by Crippen LogP contribution is 2.39. The normalized spacial score (nSPS) is 9.96. The number of halogens is 1. The molecule has 0 amide bonds. The summed E-state index contributed by atoms with van der Waals surface area (Å²) in [6.45, 7) is 0.553. The highest BCUT2D eigenvalue weighted by Gasteiger charge is 2.17. The molecule has 3 aromatic carbocycles. The second-order valence-corrected chi connectivity index (χ2v) is 6.96. The summed E-state index contributed by atoms with van der Waals surface area (Å²) in [5, 5.41) is 22.6. The molecule has 3 rings (SSSR count). The number of rotatable bonds is 5. The molecule has 0 radical (unpaired) electrons. The summed E-state index contributed by atoms with van der Waals surface area (Å²) in [4.78, 5) is 1.75. The molecule has 0 aliphatic carbocycles. The van der Waals surface area contributed by atoms with Crippen LogP contribution in [-0.4, -0.2) is 0 Å². The minimum atomic E-state index is 0.200. The van der Waals surface area contributed by atoms with Gasteiger partial charge in [-0.25, -0.2) is 0 Å². The van der Waals surface area contributed by atoms with E-state index in [1.807, 2.05) is 66.7 Å². The summed E-state index contributed by atoms with van der Waals surface area (Å²) in [5.41, 5.74) is 2.16. The first kappa shape index (κ1) is 17.9. The monoisotopic (exact) mass is 375 g/mol. The third-order valence-corrected chi connectivity index (χ3v) is 5.31. The van der Waals surface area contributed by atoms with Crippen molar-refractivity contribution in [2.24, 2.45) is 0 Å². The number of nitrogens with zero attached hydrogens (tertiary/aromatic N) is 2. The molecule has 0 spiro atoms. The fraction of sp³-hybridized carbons (Fsp3) is 0.0476. The van der Waals surface area contributed by atoms with Crippen LogP contribution in [0.3, 0.4) is 0 Å². The van der Waals surface area contributed by atoms with Crippen LogP contribution in [0.4, 0.5) is 5.69 Å². The van der Waals surface area contributed by atoms with Gasteiger partial charge >= 0.3 is 0 Å². The highest BCUT2D eigenvalue weighted by atomic mass is 35.5. The Labute approximate surface area is 161 Å². The number of hydrogen-bond acceptors (Lipinski definition) is 4. The molecule has 0 fully saturated rings. The second kappa shape index (κ2) is 8.45. The summed E-state index contributed by atoms with van der Waals surface area (Å²) in [5.74, 6) is 0. The first-order valence-corrected chi connectivity index (χ1v) is 9.09. The van der Waals surface area contributed by atoms with E-state index in [1.54, 1.807) is 0 Å². The van der Waals surface area contributed by atoms with Crippen molar-refractivity contribution in [3.63, 3.8) is 0 Å². The summed E-state index contributed by atoms with van der Waals surface area (Å²) < 4.78 is 0. The smallest absolute Gasteiger partial charge is 0.103 e. The van der Waals surface area contributed by atoms with E-state index in [4.69, 9.17) is 11.6 Å². The van der Waals surface area contributed by atoms with Crippen LogP contribution in [0.25, 0.3) is 0 Å². The maximum atomic E-state index is 9.53. The van der Waals surface area contributed by atoms with Crippen LogP contribution in [0, 0.1) is 22.7 Å². The Morgan fingerprint density at radius 3 is 2.12 bits per heavy atom. The SMILES string of the molecule is N#Cc1c(NCc2ccccc2)cc(Sc2ccccc2)c(Cl)c1C#N. The minimum absolute atomic E-state index is 0.200. The van der Waals surface area contributed by atoms with Crippen molar-refractivity contribution in [1.29, 1.82) is 10.5 Å². The molecule has 0 saturated heterocycles. The lowest BCUT2D eigenvalue weighted by Gasteiger charge is -2.14. The first-order chi connectivity index (χ1) is 12.7. The Balaban J connectivity index is 1.98. The zero-order valence-corrected chi connectivity index (χ0v) is 15.3. The van der Waals surface area contributed by atoms with Crippen LogP contribution in [0.15, 0.2) is 76.5 Å². The molecule has 0 aliphatic rings. The molecular formula is C21H14ClN3S.